The molecule has 0 atom stereocenters. The van der Waals surface area contributed by atoms with Crippen molar-refractivity contribution in [1.82, 2.24) is 9.80 Å². The van der Waals surface area contributed by atoms with Crippen molar-refractivity contribution in [3.63, 3.8) is 0 Å². The summed E-state index contributed by atoms with van der Waals surface area (Å²) in [6.45, 7) is 4.54. The Kier molecular flexibility index (Phi) is 4.84. The summed E-state index contributed by atoms with van der Waals surface area (Å²) < 4.78 is 0. The van der Waals surface area contributed by atoms with Gasteiger partial charge in [-0.25, -0.2) is 0 Å². The first-order valence-electron chi connectivity index (χ1n) is 6.58. The Morgan fingerprint density at radius 2 is 2.05 bits per heavy atom. The topological polar surface area (TPSA) is 52.7 Å². The van der Waals surface area contributed by atoms with E-state index >= 15 is 0 Å². The molecule has 0 spiro atoms. The summed E-state index contributed by atoms with van der Waals surface area (Å²) >= 11 is 6.04. The van der Waals surface area contributed by atoms with Gasteiger partial charge >= 0.3 is 0 Å². The van der Waals surface area contributed by atoms with Crippen molar-refractivity contribution in [2.75, 3.05) is 38.0 Å². The van der Waals surface area contributed by atoms with Crippen LogP contribution in [0.3, 0.4) is 0 Å². The molecule has 1 fully saturated rings. The predicted molar refractivity (Wildman–Crippen MR) is 78.9 cm³/mol. The Hall–Kier alpha value is -1.75. The number of hydrogen-bond donors (Lipinski definition) is 1. The van der Waals surface area contributed by atoms with E-state index in [0.29, 0.717) is 31.2 Å². The Bertz CT molecular complexity index is 499. The number of nitrogens with zero attached hydrogens (tertiary/aromatic N) is 2. The Balaban J connectivity index is 1.86. The third-order valence-electron chi connectivity index (χ3n) is 3.51. The van der Waals surface area contributed by atoms with Gasteiger partial charge in [0.25, 0.3) is 0 Å². The van der Waals surface area contributed by atoms with E-state index in [1.54, 1.807) is 9.80 Å². The summed E-state index contributed by atoms with van der Waals surface area (Å²) in [6.07, 6.45) is 0.829. The molecular formula is C14H18ClN3O2. The smallest absolute Gasteiger partial charge is 0.241 e. The van der Waals surface area contributed by atoms with E-state index in [2.05, 4.69) is 5.32 Å². The molecule has 0 unspecified atom stereocenters. The molecule has 1 aromatic carbocycles. The maximum Gasteiger partial charge on any atom is 0.241 e. The number of carbonyl (C=O) groups is 2. The number of piperazine rings is 1. The number of hydrogen-bond acceptors (Lipinski definition) is 3. The number of amides is 2. The molecule has 0 aromatic heterocycles. The molecule has 1 aromatic rings. The van der Waals surface area contributed by atoms with E-state index in [0.717, 1.165) is 17.7 Å². The van der Waals surface area contributed by atoms with E-state index in [1.165, 1.54) is 0 Å². The average molecular weight is 296 g/mol. The highest BCUT2D eigenvalue weighted by molar-refractivity contribution is 6.31. The molecule has 1 N–H and O–H groups in total. The van der Waals surface area contributed by atoms with Crippen molar-refractivity contribution in [3.8, 4) is 0 Å². The van der Waals surface area contributed by atoms with Crippen LogP contribution in [0.25, 0.3) is 0 Å². The van der Waals surface area contributed by atoms with E-state index in [-0.39, 0.29) is 12.5 Å². The quantitative estimate of drug-likeness (QED) is 0.854. The second-order valence-electron chi connectivity index (χ2n) is 4.79. The highest BCUT2D eigenvalue weighted by atomic mass is 35.5. The molecule has 1 aliphatic rings. The zero-order valence-corrected chi connectivity index (χ0v) is 12.2. The first-order chi connectivity index (χ1) is 9.61. The first-order valence-corrected chi connectivity index (χ1v) is 6.95. The minimum atomic E-state index is 0.0370. The van der Waals surface area contributed by atoms with Crippen molar-refractivity contribution in [2.45, 2.75) is 6.92 Å². The van der Waals surface area contributed by atoms with Crippen molar-refractivity contribution in [3.05, 3.63) is 28.8 Å². The van der Waals surface area contributed by atoms with Gasteiger partial charge in [0.15, 0.2) is 0 Å². The lowest BCUT2D eigenvalue weighted by Crippen LogP contribution is -2.49. The summed E-state index contributed by atoms with van der Waals surface area (Å²) in [5.74, 6) is 0.0370. The minimum absolute atomic E-state index is 0.0370. The SMILES string of the molecule is Cc1c(Cl)cccc1NCC(=O)N1CCN(C=O)CC1. The number of halogens is 1. The third kappa shape index (κ3) is 3.42. The lowest BCUT2D eigenvalue weighted by molar-refractivity contribution is -0.133. The number of nitrogens with one attached hydrogen (secondary N) is 1. The van der Waals surface area contributed by atoms with Gasteiger partial charge in [0.1, 0.15) is 0 Å². The van der Waals surface area contributed by atoms with Crippen molar-refractivity contribution in [1.29, 1.82) is 0 Å². The van der Waals surface area contributed by atoms with E-state index < -0.39 is 0 Å². The highest BCUT2D eigenvalue weighted by Crippen LogP contribution is 2.22. The first kappa shape index (κ1) is 14.7. The molecule has 2 amide bonds. The second-order valence-corrected chi connectivity index (χ2v) is 5.20. The van der Waals surface area contributed by atoms with Crippen LogP contribution in [0.1, 0.15) is 5.56 Å². The van der Waals surface area contributed by atoms with Crippen LogP contribution in [-0.4, -0.2) is 54.8 Å². The van der Waals surface area contributed by atoms with E-state index in [1.807, 2.05) is 25.1 Å². The van der Waals surface area contributed by atoms with Crippen LogP contribution in [0.2, 0.25) is 5.02 Å². The monoisotopic (exact) mass is 295 g/mol. The summed E-state index contributed by atoms with van der Waals surface area (Å²) in [6, 6.07) is 5.58. The van der Waals surface area contributed by atoms with Crippen LogP contribution in [0.5, 0.6) is 0 Å². The largest absolute Gasteiger partial charge is 0.376 e. The molecular weight excluding hydrogens is 278 g/mol. The molecule has 0 aliphatic carbocycles. The molecule has 5 nitrogen and oxygen atoms in total. The van der Waals surface area contributed by atoms with Crippen LogP contribution >= 0.6 is 11.6 Å². The van der Waals surface area contributed by atoms with Crippen molar-refractivity contribution < 1.29 is 9.59 Å². The van der Waals surface area contributed by atoms with Gasteiger partial charge in [0.2, 0.25) is 12.3 Å². The summed E-state index contributed by atoms with van der Waals surface area (Å²) in [5, 5.41) is 3.80. The summed E-state index contributed by atoms with van der Waals surface area (Å²) in [7, 11) is 0. The highest BCUT2D eigenvalue weighted by Gasteiger charge is 2.19. The molecule has 1 aliphatic heterocycles. The van der Waals surface area contributed by atoms with Crippen LogP contribution in [-0.2, 0) is 9.59 Å². The fourth-order valence-corrected chi connectivity index (χ4v) is 2.33. The molecule has 0 bridgehead atoms. The summed E-state index contributed by atoms with van der Waals surface area (Å²) in [5.41, 5.74) is 1.81. The lowest BCUT2D eigenvalue weighted by Gasteiger charge is -2.32. The maximum atomic E-state index is 12.1. The summed E-state index contributed by atoms with van der Waals surface area (Å²) in [4.78, 5) is 26.2. The molecule has 1 saturated heterocycles. The van der Waals surface area contributed by atoms with Gasteiger partial charge in [-0.2, -0.15) is 0 Å². The molecule has 0 radical (unpaired) electrons. The maximum absolute atomic E-state index is 12.1. The van der Waals surface area contributed by atoms with Gasteiger partial charge in [-0.3, -0.25) is 9.59 Å². The van der Waals surface area contributed by atoms with Gasteiger partial charge in [0, 0.05) is 36.9 Å². The fraction of sp³-hybridized carbons (Fsp3) is 0.429. The Labute approximate surface area is 123 Å². The van der Waals surface area contributed by atoms with Crippen LogP contribution in [0, 0.1) is 6.92 Å². The number of rotatable bonds is 4. The average Bonchev–Trinajstić information content (AvgIpc) is 2.48. The molecule has 6 heteroatoms. The zero-order valence-electron chi connectivity index (χ0n) is 11.4. The number of carbonyl (C=O) groups excluding carboxylic acids is 2. The van der Waals surface area contributed by atoms with E-state index in [9.17, 15) is 9.59 Å². The molecule has 2 rings (SSSR count). The van der Waals surface area contributed by atoms with Gasteiger partial charge in [-0.05, 0) is 24.6 Å². The van der Waals surface area contributed by atoms with Crippen molar-refractivity contribution in [2.24, 2.45) is 0 Å². The number of benzene rings is 1. The normalized spacial score (nSPS) is 15.1. The molecule has 108 valence electrons. The van der Waals surface area contributed by atoms with Gasteiger partial charge in [0.05, 0.1) is 6.54 Å². The van der Waals surface area contributed by atoms with Gasteiger partial charge in [-0.15, -0.1) is 0 Å². The minimum Gasteiger partial charge on any atom is -0.376 e. The predicted octanol–water partition coefficient (Wildman–Crippen LogP) is 1.36. The lowest BCUT2D eigenvalue weighted by atomic mass is 10.2. The Morgan fingerprint density at radius 3 is 2.70 bits per heavy atom. The third-order valence-corrected chi connectivity index (χ3v) is 3.92. The van der Waals surface area contributed by atoms with Crippen LogP contribution in [0.15, 0.2) is 18.2 Å². The van der Waals surface area contributed by atoms with Gasteiger partial charge in [-0.1, -0.05) is 17.7 Å². The Morgan fingerprint density at radius 1 is 1.35 bits per heavy atom. The standard InChI is InChI=1S/C14H18ClN3O2/c1-11-12(15)3-2-4-13(11)16-9-14(20)18-7-5-17(10-19)6-8-18/h2-4,10,16H,5-9H2,1H3. The van der Waals surface area contributed by atoms with Gasteiger partial charge < -0.3 is 15.1 Å². The second kappa shape index (κ2) is 6.61. The molecule has 0 saturated carbocycles. The van der Waals surface area contributed by atoms with E-state index in [4.69, 9.17) is 11.6 Å². The fourth-order valence-electron chi connectivity index (χ4n) is 2.16. The molecule has 1 heterocycles. The van der Waals surface area contributed by atoms with Crippen molar-refractivity contribution >= 4 is 29.6 Å². The van der Waals surface area contributed by atoms with Crippen LogP contribution in [0.4, 0.5) is 5.69 Å². The molecule has 20 heavy (non-hydrogen) atoms. The van der Waals surface area contributed by atoms with Crippen LogP contribution < -0.4 is 5.32 Å². The number of anilines is 1. The zero-order chi connectivity index (χ0) is 14.5.